The topological polar surface area (TPSA) is 141 Å². The van der Waals surface area contributed by atoms with Gasteiger partial charge in [-0.05, 0) is 18.2 Å². The maximum atomic E-state index is 11.8. The van der Waals surface area contributed by atoms with Gasteiger partial charge >= 0.3 is 0 Å². The third-order valence-electron chi connectivity index (χ3n) is 2.59. The summed E-state index contributed by atoms with van der Waals surface area (Å²) in [6, 6.07) is 3.47. The Morgan fingerprint density at radius 2 is 1.43 bits per heavy atom. The summed E-state index contributed by atoms with van der Waals surface area (Å²) in [5.41, 5.74) is 5.37. The Morgan fingerprint density at radius 3 is 1.87 bits per heavy atom. The summed E-state index contributed by atoms with van der Waals surface area (Å²) >= 11 is 11.4. The van der Waals surface area contributed by atoms with Crippen LogP contribution in [0.4, 0.5) is 17.1 Å². The molecule has 13 heteroatoms. The fourth-order valence-corrected chi connectivity index (χ4v) is 3.87. The number of hydrogen-bond acceptors (Lipinski definition) is 7. The summed E-state index contributed by atoms with van der Waals surface area (Å²) in [4.78, 5) is 0. The molecule has 1 rings (SSSR count). The minimum Gasteiger partial charge on any atom is -0.397 e. The average molecular weight is 408 g/mol. The number of aliphatic hydroxyl groups is 2. The van der Waals surface area contributed by atoms with Gasteiger partial charge < -0.3 is 15.9 Å². The third kappa shape index (κ3) is 4.75. The van der Waals surface area contributed by atoms with Crippen molar-refractivity contribution in [1.82, 2.24) is 0 Å². The van der Waals surface area contributed by atoms with E-state index in [-0.39, 0.29) is 17.1 Å². The standard InChI is InChI=1S/C10H15Cl2N3O6S2/c11-14(22(18,19)5-3-16)8-1-2-10(9(13)7-8)15(12)23(20,21)6-4-17/h1-2,7,16-17H,3-6,13H2. The van der Waals surface area contributed by atoms with Crippen molar-refractivity contribution in [3.63, 3.8) is 0 Å². The number of nitrogens with two attached hydrogens (primary N) is 1. The van der Waals surface area contributed by atoms with Gasteiger partial charge in [-0.2, -0.15) is 7.65 Å². The molecule has 132 valence electrons. The first-order chi connectivity index (χ1) is 10.6. The lowest BCUT2D eigenvalue weighted by atomic mass is 10.2. The van der Waals surface area contributed by atoms with E-state index in [0.29, 0.717) is 7.65 Å². The van der Waals surface area contributed by atoms with E-state index in [1.54, 1.807) is 0 Å². The molecular weight excluding hydrogens is 393 g/mol. The molecule has 0 bridgehead atoms. The van der Waals surface area contributed by atoms with E-state index in [4.69, 9.17) is 39.5 Å². The highest BCUT2D eigenvalue weighted by Gasteiger charge is 2.25. The summed E-state index contributed by atoms with van der Waals surface area (Å²) in [7, 11) is -7.94. The Morgan fingerprint density at radius 1 is 0.957 bits per heavy atom. The zero-order chi connectivity index (χ0) is 17.8. The maximum Gasteiger partial charge on any atom is 0.251 e. The number of nitrogens with zero attached hydrogens (tertiary/aromatic N) is 2. The zero-order valence-corrected chi connectivity index (χ0v) is 14.8. The summed E-state index contributed by atoms with van der Waals surface area (Å²) in [5, 5.41) is 17.4. The normalized spacial score (nSPS) is 12.2. The minimum atomic E-state index is -3.99. The van der Waals surface area contributed by atoms with Crippen LogP contribution in [0.5, 0.6) is 0 Å². The first-order valence-electron chi connectivity index (χ1n) is 6.05. The number of anilines is 3. The van der Waals surface area contributed by atoms with Gasteiger partial charge in [0.05, 0.1) is 41.8 Å². The number of benzene rings is 1. The highest BCUT2D eigenvalue weighted by molar-refractivity contribution is 7.94. The molecule has 0 aromatic heterocycles. The molecule has 9 nitrogen and oxygen atoms in total. The van der Waals surface area contributed by atoms with Gasteiger partial charge in [-0.3, -0.25) is 0 Å². The molecule has 23 heavy (non-hydrogen) atoms. The fraction of sp³-hybridized carbons (Fsp3) is 0.400. The first kappa shape index (κ1) is 20.1. The second kappa shape index (κ2) is 7.73. The van der Waals surface area contributed by atoms with E-state index in [0.717, 1.165) is 12.1 Å². The van der Waals surface area contributed by atoms with Crippen LogP contribution in [0.1, 0.15) is 0 Å². The van der Waals surface area contributed by atoms with Crippen LogP contribution < -0.4 is 13.4 Å². The van der Waals surface area contributed by atoms with Crippen molar-refractivity contribution < 1.29 is 27.0 Å². The summed E-state index contributed by atoms with van der Waals surface area (Å²) < 4.78 is 47.8. The van der Waals surface area contributed by atoms with E-state index in [2.05, 4.69) is 0 Å². The van der Waals surface area contributed by atoms with E-state index in [1.165, 1.54) is 6.07 Å². The molecule has 0 aliphatic carbocycles. The maximum absolute atomic E-state index is 11.8. The lowest BCUT2D eigenvalue weighted by Gasteiger charge is -2.20. The molecule has 1 aromatic rings. The van der Waals surface area contributed by atoms with Crippen LogP contribution in [0.2, 0.25) is 0 Å². The Labute approximate surface area is 144 Å². The highest BCUT2D eigenvalue weighted by atomic mass is 35.5. The molecule has 0 amide bonds. The summed E-state index contributed by atoms with van der Waals surface area (Å²) in [6.07, 6.45) is 0. The van der Waals surface area contributed by atoms with Crippen LogP contribution in [0.15, 0.2) is 18.2 Å². The lowest BCUT2D eigenvalue weighted by molar-refractivity contribution is 0.319. The predicted molar refractivity (Wildman–Crippen MR) is 89.3 cm³/mol. The molecule has 0 saturated carbocycles. The van der Waals surface area contributed by atoms with Gasteiger partial charge in [0.1, 0.15) is 0 Å². The largest absolute Gasteiger partial charge is 0.397 e. The monoisotopic (exact) mass is 407 g/mol. The first-order valence-corrected chi connectivity index (χ1v) is 9.95. The van der Waals surface area contributed by atoms with Crippen molar-refractivity contribution in [2.75, 3.05) is 38.1 Å². The van der Waals surface area contributed by atoms with Crippen molar-refractivity contribution in [3.8, 4) is 0 Å². The molecule has 0 aliphatic heterocycles. The summed E-state index contributed by atoms with van der Waals surface area (Å²) in [5.74, 6) is -1.20. The fourth-order valence-electron chi connectivity index (χ4n) is 1.51. The molecule has 0 radical (unpaired) electrons. The molecule has 1 aromatic carbocycles. The third-order valence-corrected chi connectivity index (χ3v) is 7.01. The van der Waals surface area contributed by atoms with Crippen LogP contribution in [0.3, 0.4) is 0 Å². The molecule has 0 unspecified atom stereocenters. The Bertz CT molecular complexity index is 756. The number of rotatable bonds is 8. The molecule has 0 fully saturated rings. The number of nitrogen functional groups attached to an aromatic ring is 1. The predicted octanol–water partition coefficient (Wildman–Crippen LogP) is -0.167. The van der Waals surface area contributed by atoms with E-state index >= 15 is 0 Å². The van der Waals surface area contributed by atoms with Crippen molar-refractivity contribution in [2.45, 2.75) is 0 Å². The molecule has 0 atom stereocenters. The van der Waals surface area contributed by atoms with Crippen molar-refractivity contribution in [3.05, 3.63) is 18.2 Å². The van der Waals surface area contributed by atoms with Crippen LogP contribution in [0, 0.1) is 0 Å². The van der Waals surface area contributed by atoms with E-state index < -0.39 is 44.8 Å². The summed E-state index contributed by atoms with van der Waals surface area (Å²) in [6.45, 7) is -1.24. The van der Waals surface area contributed by atoms with Crippen LogP contribution in [-0.4, -0.2) is 51.8 Å². The van der Waals surface area contributed by atoms with Crippen LogP contribution in [-0.2, 0) is 20.0 Å². The Balaban J connectivity index is 3.17. The number of sulfonamides is 2. The number of hydrogen-bond donors (Lipinski definition) is 3. The smallest absolute Gasteiger partial charge is 0.251 e. The number of halogens is 2. The molecule has 0 saturated heterocycles. The lowest BCUT2D eigenvalue weighted by Crippen LogP contribution is -2.27. The van der Waals surface area contributed by atoms with Gasteiger partial charge in [0, 0.05) is 23.6 Å². The SMILES string of the molecule is Nc1cc(N(Cl)S(=O)(=O)CCO)ccc1N(Cl)S(=O)(=O)CCO. The Hall–Kier alpha value is -0.980. The second-order valence-electron chi connectivity index (χ2n) is 4.25. The van der Waals surface area contributed by atoms with Crippen LogP contribution >= 0.6 is 23.6 Å². The average Bonchev–Trinajstić information content (AvgIpc) is 2.45. The van der Waals surface area contributed by atoms with E-state index in [1.807, 2.05) is 0 Å². The van der Waals surface area contributed by atoms with Crippen LogP contribution in [0.25, 0.3) is 0 Å². The van der Waals surface area contributed by atoms with E-state index in [9.17, 15) is 16.8 Å². The van der Waals surface area contributed by atoms with Gasteiger partial charge in [-0.1, -0.05) is 0 Å². The molecule has 0 spiro atoms. The Kier molecular flexibility index (Phi) is 6.74. The molecule has 0 heterocycles. The van der Waals surface area contributed by atoms with Crippen molar-refractivity contribution in [2.24, 2.45) is 0 Å². The molecule has 4 N–H and O–H groups in total. The number of aliphatic hydroxyl groups excluding tert-OH is 2. The van der Waals surface area contributed by atoms with Gasteiger partial charge in [0.15, 0.2) is 0 Å². The minimum absolute atomic E-state index is 0.0500. The van der Waals surface area contributed by atoms with Gasteiger partial charge in [-0.15, -0.1) is 0 Å². The van der Waals surface area contributed by atoms with Crippen molar-refractivity contribution >= 4 is 60.7 Å². The van der Waals surface area contributed by atoms with Gasteiger partial charge in [0.2, 0.25) is 0 Å². The van der Waals surface area contributed by atoms with Gasteiger partial charge in [0.25, 0.3) is 20.0 Å². The van der Waals surface area contributed by atoms with Crippen molar-refractivity contribution in [1.29, 1.82) is 0 Å². The zero-order valence-electron chi connectivity index (χ0n) is 11.6. The molecular formula is C10H15Cl2N3O6S2. The molecule has 0 aliphatic rings. The highest BCUT2D eigenvalue weighted by Crippen LogP contribution is 2.33. The van der Waals surface area contributed by atoms with Gasteiger partial charge in [-0.25, -0.2) is 16.8 Å². The quantitative estimate of drug-likeness (QED) is 0.401. The second-order valence-corrected chi connectivity index (χ2v) is 9.20.